The van der Waals surface area contributed by atoms with E-state index in [9.17, 15) is 4.79 Å². The maximum Gasteiger partial charge on any atom is 0.249 e. The van der Waals surface area contributed by atoms with Gasteiger partial charge in [-0.05, 0) is 24.6 Å². The van der Waals surface area contributed by atoms with E-state index in [4.69, 9.17) is 5.73 Å². The van der Waals surface area contributed by atoms with Crippen molar-refractivity contribution in [1.29, 1.82) is 0 Å². The summed E-state index contributed by atoms with van der Waals surface area (Å²) >= 11 is 1.53. The quantitative estimate of drug-likeness (QED) is 0.688. The minimum Gasteiger partial charge on any atom is -0.380 e. The number of aryl methyl sites for hydroxylation is 1. The molecule has 5 nitrogen and oxygen atoms in total. The van der Waals surface area contributed by atoms with E-state index in [1.54, 1.807) is 5.38 Å². The molecule has 0 radical (unpaired) electrons. The Bertz CT molecular complexity index is 837. The van der Waals surface area contributed by atoms with Crippen LogP contribution in [-0.2, 0) is 13.1 Å². The number of aromatic nitrogens is 2. The van der Waals surface area contributed by atoms with Crippen LogP contribution >= 0.6 is 11.3 Å². The number of nitrogens with zero attached hydrogens (tertiary/aromatic N) is 2. The van der Waals surface area contributed by atoms with Gasteiger partial charge in [0.1, 0.15) is 5.82 Å². The average molecular weight is 340 g/mol. The number of amides is 1. The van der Waals surface area contributed by atoms with Gasteiger partial charge in [-0.1, -0.05) is 19.1 Å². The third kappa shape index (κ3) is 3.65. The summed E-state index contributed by atoms with van der Waals surface area (Å²) in [6.07, 6.45) is 4.92. The SMILES string of the molecule is CCCn1ccnc1-c1cccc(NCc2cc(C(N)=O)cs2)c1. The largest absolute Gasteiger partial charge is 0.380 e. The summed E-state index contributed by atoms with van der Waals surface area (Å²) in [5.74, 6) is 0.592. The van der Waals surface area contributed by atoms with E-state index in [0.29, 0.717) is 12.1 Å². The molecule has 3 aromatic rings. The molecule has 2 heterocycles. The van der Waals surface area contributed by atoms with Crippen molar-refractivity contribution in [2.75, 3.05) is 5.32 Å². The fraction of sp³-hybridized carbons (Fsp3) is 0.222. The van der Waals surface area contributed by atoms with Gasteiger partial charge in [-0.25, -0.2) is 4.98 Å². The van der Waals surface area contributed by atoms with Crippen LogP contribution in [0.5, 0.6) is 0 Å². The molecule has 1 aromatic carbocycles. The van der Waals surface area contributed by atoms with Gasteiger partial charge in [0.05, 0.1) is 5.56 Å². The lowest BCUT2D eigenvalue weighted by atomic mass is 10.2. The van der Waals surface area contributed by atoms with E-state index in [2.05, 4.69) is 33.9 Å². The molecule has 0 aliphatic carbocycles. The Morgan fingerprint density at radius 3 is 3.00 bits per heavy atom. The van der Waals surface area contributed by atoms with E-state index in [1.807, 2.05) is 30.6 Å². The minimum atomic E-state index is -0.387. The molecule has 3 rings (SSSR count). The second-order valence-electron chi connectivity index (χ2n) is 5.54. The third-order valence-corrected chi connectivity index (χ3v) is 4.64. The first kappa shape index (κ1) is 16.3. The first-order chi connectivity index (χ1) is 11.7. The van der Waals surface area contributed by atoms with Gasteiger partial charge in [-0.3, -0.25) is 4.79 Å². The Labute approximate surface area is 145 Å². The highest BCUT2D eigenvalue weighted by atomic mass is 32.1. The summed E-state index contributed by atoms with van der Waals surface area (Å²) in [6.45, 7) is 3.77. The molecule has 0 atom stereocenters. The summed E-state index contributed by atoms with van der Waals surface area (Å²) in [7, 11) is 0. The van der Waals surface area contributed by atoms with E-state index in [0.717, 1.165) is 34.9 Å². The lowest BCUT2D eigenvalue weighted by molar-refractivity contribution is 0.100. The summed E-state index contributed by atoms with van der Waals surface area (Å²) in [5, 5.41) is 5.18. The van der Waals surface area contributed by atoms with E-state index >= 15 is 0 Å². The van der Waals surface area contributed by atoms with Gasteiger partial charge in [0.2, 0.25) is 5.91 Å². The van der Waals surface area contributed by atoms with E-state index in [1.165, 1.54) is 11.3 Å². The first-order valence-corrected chi connectivity index (χ1v) is 8.78. The van der Waals surface area contributed by atoms with Crippen molar-refractivity contribution < 1.29 is 4.79 Å². The highest BCUT2D eigenvalue weighted by Crippen LogP contribution is 2.23. The first-order valence-electron chi connectivity index (χ1n) is 7.90. The fourth-order valence-electron chi connectivity index (χ4n) is 2.55. The molecular weight excluding hydrogens is 320 g/mol. The van der Waals surface area contributed by atoms with Crippen molar-refractivity contribution in [2.24, 2.45) is 5.73 Å². The molecule has 0 saturated heterocycles. The molecule has 0 unspecified atom stereocenters. The van der Waals surface area contributed by atoms with Gasteiger partial charge in [0.15, 0.2) is 0 Å². The molecule has 24 heavy (non-hydrogen) atoms. The zero-order chi connectivity index (χ0) is 16.9. The number of hydrogen-bond donors (Lipinski definition) is 2. The second-order valence-corrected chi connectivity index (χ2v) is 6.54. The number of primary amides is 1. The number of nitrogens with one attached hydrogen (secondary N) is 1. The lowest BCUT2D eigenvalue weighted by Crippen LogP contribution is -2.09. The smallest absolute Gasteiger partial charge is 0.249 e. The number of anilines is 1. The molecule has 0 bridgehead atoms. The predicted molar refractivity (Wildman–Crippen MR) is 98.1 cm³/mol. The van der Waals surface area contributed by atoms with Crippen LogP contribution in [0, 0.1) is 0 Å². The maximum absolute atomic E-state index is 11.1. The van der Waals surface area contributed by atoms with Crippen LogP contribution in [0.2, 0.25) is 0 Å². The Morgan fingerprint density at radius 2 is 2.25 bits per heavy atom. The Balaban J connectivity index is 1.73. The molecule has 124 valence electrons. The Kier molecular flexibility index (Phi) is 4.96. The van der Waals surface area contributed by atoms with E-state index < -0.39 is 0 Å². The van der Waals surface area contributed by atoms with Crippen LogP contribution in [0.1, 0.15) is 28.6 Å². The van der Waals surface area contributed by atoms with Crippen LogP contribution in [0.15, 0.2) is 48.1 Å². The normalized spacial score (nSPS) is 10.7. The van der Waals surface area contributed by atoms with Crippen LogP contribution in [0.25, 0.3) is 11.4 Å². The van der Waals surface area contributed by atoms with Gasteiger partial charge < -0.3 is 15.6 Å². The van der Waals surface area contributed by atoms with Crippen LogP contribution in [0.3, 0.4) is 0 Å². The number of carbonyl (C=O) groups excluding carboxylic acids is 1. The van der Waals surface area contributed by atoms with Gasteiger partial charge >= 0.3 is 0 Å². The van der Waals surface area contributed by atoms with Crippen molar-refractivity contribution in [3.8, 4) is 11.4 Å². The number of rotatable bonds is 7. The Hall–Kier alpha value is -2.60. The van der Waals surface area contributed by atoms with Crippen molar-refractivity contribution in [1.82, 2.24) is 9.55 Å². The van der Waals surface area contributed by atoms with Crippen LogP contribution in [-0.4, -0.2) is 15.5 Å². The monoisotopic (exact) mass is 340 g/mol. The zero-order valence-electron chi connectivity index (χ0n) is 13.5. The summed E-state index contributed by atoms with van der Waals surface area (Å²) < 4.78 is 2.16. The topological polar surface area (TPSA) is 72.9 Å². The minimum absolute atomic E-state index is 0.387. The molecule has 1 amide bonds. The number of benzene rings is 1. The van der Waals surface area contributed by atoms with Gasteiger partial charge in [-0.2, -0.15) is 0 Å². The number of hydrogen-bond acceptors (Lipinski definition) is 4. The van der Waals surface area contributed by atoms with Crippen molar-refractivity contribution in [2.45, 2.75) is 26.4 Å². The summed E-state index contributed by atoms with van der Waals surface area (Å²) in [5.41, 5.74) is 7.95. The van der Waals surface area contributed by atoms with E-state index in [-0.39, 0.29) is 5.91 Å². The third-order valence-electron chi connectivity index (χ3n) is 3.71. The van der Waals surface area contributed by atoms with Crippen molar-refractivity contribution in [3.63, 3.8) is 0 Å². The predicted octanol–water partition coefficient (Wildman–Crippen LogP) is 3.73. The molecule has 3 N–H and O–H groups in total. The van der Waals surface area contributed by atoms with Crippen molar-refractivity contribution in [3.05, 3.63) is 58.5 Å². The lowest BCUT2D eigenvalue weighted by Gasteiger charge is -2.09. The maximum atomic E-state index is 11.1. The molecule has 0 saturated carbocycles. The molecule has 0 aliphatic rings. The highest BCUT2D eigenvalue weighted by Gasteiger charge is 2.07. The number of nitrogens with two attached hydrogens (primary N) is 1. The molecule has 0 fully saturated rings. The van der Waals surface area contributed by atoms with Gasteiger partial charge in [0.25, 0.3) is 0 Å². The van der Waals surface area contributed by atoms with Gasteiger partial charge in [-0.15, -0.1) is 11.3 Å². The van der Waals surface area contributed by atoms with Gasteiger partial charge in [0, 0.05) is 47.0 Å². The molecule has 0 spiro atoms. The zero-order valence-corrected chi connectivity index (χ0v) is 14.3. The average Bonchev–Trinajstić information content (AvgIpc) is 3.23. The van der Waals surface area contributed by atoms with Crippen molar-refractivity contribution >= 4 is 22.9 Å². The van der Waals surface area contributed by atoms with Crippen LogP contribution < -0.4 is 11.1 Å². The Morgan fingerprint density at radius 1 is 1.38 bits per heavy atom. The molecule has 6 heteroatoms. The number of thiophene rings is 1. The number of imidazole rings is 1. The fourth-order valence-corrected chi connectivity index (χ4v) is 3.36. The standard InChI is InChI=1S/C18H20N4OS/c1-2-7-22-8-6-20-18(22)13-4-3-5-15(9-13)21-11-16-10-14(12-24-16)17(19)23/h3-6,8-10,12,21H,2,7,11H2,1H3,(H2,19,23). The highest BCUT2D eigenvalue weighted by molar-refractivity contribution is 7.10. The second kappa shape index (κ2) is 7.31. The molecule has 2 aromatic heterocycles. The summed E-state index contributed by atoms with van der Waals surface area (Å²) in [6, 6.07) is 10.0. The molecule has 0 aliphatic heterocycles. The summed E-state index contributed by atoms with van der Waals surface area (Å²) in [4.78, 5) is 16.7. The number of carbonyl (C=O) groups is 1. The molecular formula is C18H20N4OS. The van der Waals surface area contributed by atoms with Crippen LogP contribution in [0.4, 0.5) is 5.69 Å².